The fourth-order valence-electron chi connectivity index (χ4n) is 3.11. The van der Waals surface area contributed by atoms with E-state index in [-0.39, 0.29) is 12.6 Å². The molecule has 1 saturated heterocycles. The molecule has 0 bridgehead atoms. The average molecular weight is 387 g/mol. The van der Waals surface area contributed by atoms with Gasteiger partial charge in [-0.1, -0.05) is 31.1 Å². The number of aliphatic hydroxyl groups is 1. The fourth-order valence-corrected chi connectivity index (χ4v) is 3.11. The van der Waals surface area contributed by atoms with Crippen molar-refractivity contribution >= 4 is 5.71 Å². The quantitative estimate of drug-likeness (QED) is 0.704. The smallest absolute Gasteiger partial charge is 0.391 e. The first-order valence-electron chi connectivity index (χ1n) is 9.18. The van der Waals surface area contributed by atoms with Gasteiger partial charge in [0.15, 0.2) is 0 Å². The minimum Gasteiger partial charge on any atom is -0.391 e. The van der Waals surface area contributed by atoms with Gasteiger partial charge in [-0.05, 0) is 30.0 Å². The van der Waals surface area contributed by atoms with E-state index in [2.05, 4.69) is 19.0 Å². The molecule has 1 fully saturated rings. The van der Waals surface area contributed by atoms with Crippen LogP contribution in [0, 0.1) is 5.92 Å². The SMILES string of the molecule is CC(C)C[C@H](N)C(O)N1CCC(=NOCc2cccc(C(F)(F)F)c2)CC1. The lowest BCUT2D eigenvalue weighted by molar-refractivity contribution is -0.137. The number of likely N-dealkylation sites (tertiary alicyclic amines) is 1. The van der Waals surface area contributed by atoms with Crippen LogP contribution in [0.3, 0.4) is 0 Å². The van der Waals surface area contributed by atoms with Crippen molar-refractivity contribution < 1.29 is 23.1 Å². The lowest BCUT2D eigenvalue weighted by Gasteiger charge is -2.35. The lowest BCUT2D eigenvalue weighted by atomic mass is 10.0. The van der Waals surface area contributed by atoms with Gasteiger partial charge in [-0.2, -0.15) is 13.2 Å². The van der Waals surface area contributed by atoms with Crippen LogP contribution < -0.4 is 5.73 Å². The van der Waals surface area contributed by atoms with Crippen molar-refractivity contribution in [2.75, 3.05) is 13.1 Å². The van der Waals surface area contributed by atoms with Crippen LogP contribution in [-0.2, 0) is 17.6 Å². The molecule has 3 N–H and O–H groups in total. The third-order valence-corrected chi connectivity index (χ3v) is 4.56. The van der Waals surface area contributed by atoms with Gasteiger partial charge in [0.05, 0.1) is 11.3 Å². The molecule has 1 aliphatic heterocycles. The van der Waals surface area contributed by atoms with E-state index in [0.717, 1.165) is 24.3 Å². The molecule has 0 aliphatic carbocycles. The first kappa shape index (κ1) is 21.7. The Kier molecular flexibility index (Phi) is 7.64. The topological polar surface area (TPSA) is 71.1 Å². The number of alkyl halides is 3. The van der Waals surface area contributed by atoms with E-state index in [4.69, 9.17) is 10.6 Å². The van der Waals surface area contributed by atoms with Crippen molar-refractivity contribution in [1.82, 2.24) is 4.90 Å². The van der Waals surface area contributed by atoms with Gasteiger partial charge in [0.25, 0.3) is 0 Å². The molecule has 0 spiro atoms. The summed E-state index contributed by atoms with van der Waals surface area (Å²) < 4.78 is 38.1. The van der Waals surface area contributed by atoms with Crippen LogP contribution in [0.25, 0.3) is 0 Å². The van der Waals surface area contributed by atoms with Crippen molar-refractivity contribution in [3.8, 4) is 0 Å². The molecule has 27 heavy (non-hydrogen) atoms. The van der Waals surface area contributed by atoms with Gasteiger partial charge in [0.1, 0.15) is 12.8 Å². The second-order valence-corrected chi connectivity index (χ2v) is 7.37. The van der Waals surface area contributed by atoms with E-state index in [1.807, 2.05) is 4.90 Å². The molecule has 8 heteroatoms. The third kappa shape index (κ3) is 6.79. The highest BCUT2D eigenvalue weighted by molar-refractivity contribution is 5.84. The molecule has 0 amide bonds. The van der Waals surface area contributed by atoms with Crippen molar-refractivity contribution in [1.29, 1.82) is 0 Å². The van der Waals surface area contributed by atoms with E-state index >= 15 is 0 Å². The molecule has 1 aliphatic rings. The molecule has 1 aromatic carbocycles. The number of halogens is 3. The summed E-state index contributed by atoms with van der Waals surface area (Å²) >= 11 is 0. The van der Waals surface area contributed by atoms with Crippen molar-refractivity contribution in [2.24, 2.45) is 16.8 Å². The summed E-state index contributed by atoms with van der Waals surface area (Å²) in [6.07, 6.45) is -3.03. The van der Waals surface area contributed by atoms with Gasteiger partial charge in [-0.25, -0.2) is 0 Å². The zero-order valence-electron chi connectivity index (χ0n) is 15.7. The Balaban J connectivity index is 1.80. The molecule has 0 saturated carbocycles. The highest BCUT2D eigenvalue weighted by Gasteiger charge is 2.30. The van der Waals surface area contributed by atoms with Gasteiger partial charge >= 0.3 is 6.18 Å². The number of hydrogen-bond donors (Lipinski definition) is 2. The molecule has 152 valence electrons. The number of benzene rings is 1. The Hall–Kier alpha value is -1.64. The van der Waals surface area contributed by atoms with Crippen LogP contribution in [-0.4, -0.2) is 41.1 Å². The largest absolute Gasteiger partial charge is 0.416 e. The van der Waals surface area contributed by atoms with Gasteiger partial charge in [0, 0.05) is 32.0 Å². The standard InChI is InChI=1S/C19H28F3N3O2/c1-13(2)10-17(23)18(26)25-8-6-16(7-9-25)24-27-12-14-4-3-5-15(11-14)19(20,21)22/h3-5,11,13,17-18,26H,6-10,12,23H2,1-2H3/t17-,18?/m0/s1. The predicted molar refractivity (Wildman–Crippen MR) is 97.9 cm³/mol. The summed E-state index contributed by atoms with van der Waals surface area (Å²) in [5.41, 5.74) is 6.60. The Morgan fingerprint density at radius 1 is 1.26 bits per heavy atom. The predicted octanol–water partition coefficient (Wildman–Crippen LogP) is 3.37. The number of oxime groups is 1. The first-order valence-corrected chi connectivity index (χ1v) is 9.18. The van der Waals surface area contributed by atoms with Crippen LogP contribution in [0.15, 0.2) is 29.4 Å². The Morgan fingerprint density at radius 2 is 1.93 bits per heavy atom. The summed E-state index contributed by atoms with van der Waals surface area (Å²) in [5.74, 6) is 0.417. The molecule has 1 heterocycles. The summed E-state index contributed by atoms with van der Waals surface area (Å²) in [4.78, 5) is 7.17. The Bertz CT molecular complexity index is 625. The maximum Gasteiger partial charge on any atom is 0.416 e. The van der Waals surface area contributed by atoms with E-state index in [9.17, 15) is 18.3 Å². The van der Waals surface area contributed by atoms with Gasteiger partial charge in [-0.3, -0.25) is 4.90 Å². The number of rotatable bonds is 7. The minimum atomic E-state index is -4.37. The minimum absolute atomic E-state index is 0.0149. The second kappa shape index (κ2) is 9.52. The zero-order chi connectivity index (χ0) is 20.0. The van der Waals surface area contributed by atoms with Gasteiger partial charge in [0.2, 0.25) is 0 Å². The number of aliphatic hydroxyl groups excluding tert-OH is 1. The number of hydrogen-bond acceptors (Lipinski definition) is 5. The van der Waals surface area contributed by atoms with Crippen LogP contribution >= 0.6 is 0 Å². The fraction of sp³-hybridized carbons (Fsp3) is 0.632. The highest BCUT2D eigenvalue weighted by Crippen LogP contribution is 2.29. The molecule has 2 atom stereocenters. The van der Waals surface area contributed by atoms with Crippen molar-refractivity contribution in [3.63, 3.8) is 0 Å². The van der Waals surface area contributed by atoms with Gasteiger partial charge < -0.3 is 15.7 Å². The Labute approximate surface area is 158 Å². The van der Waals surface area contributed by atoms with Gasteiger partial charge in [-0.15, -0.1) is 0 Å². The normalized spacial score (nSPS) is 18.4. The summed E-state index contributed by atoms with van der Waals surface area (Å²) in [5, 5.41) is 14.4. The van der Waals surface area contributed by atoms with E-state index in [1.165, 1.54) is 6.07 Å². The third-order valence-electron chi connectivity index (χ3n) is 4.56. The van der Waals surface area contributed by atoms with Crippen LogP contribution in [0.2, 0.25) is 0 Å². The maximum absolute atomic E-state index is 12.7. The average Bonchev–Trinajstić information content (AvgIpc) is 2.60. The molecular weight excluding hydrogens is 359 g/mol. The van der Waals surface area contributed by atoms with Crippen molar-refractivity contribution in [2.45, 2.75) is 58.2 Å². The van der Waals surface area contributed by atoms with E-state index < -0.39 is 18.0 Å². The molecule has 1 unspecified atom stereocenters. The Morgan fingerprint density at radius 3 is 2.52 bits per heavy atom. The van der Waals surface area contributed by atoms with Crippen molar-refractivity contribution in [3.05, 3.63) is 35.4 Å². The number of piperidine rings is 1. The van der Waals surface area contributed by atoms with E-state index in [1.54, 1.807) is 6.07 Å². The molecule has 0 radical (unpaired) electrons. The zero-order valence-corrected chi connectivity index (χ0v) is 15.7. The van der Waals surface area contributed by atoms with Crippen LogP contribution in [0.5, 0.6) is 0 Å². The molecule has 2 rings (SSSR count). The number of nitrogens with zero attached hydrogens (tertiary/aromatic N) is 2. The summed E-state index contributed by atoms with van der Waals surface area (Å²) in [7, 11) is 0. The molecule has 0 aromatic heterocycles. The first-order chi connectivity index (χ1) is 12.7. The number of nitrogens with two attached hydrogens (primary N) is 1. The summed E-state index contributed by atoms with van der Waals surface area (Å²) in [6, 6.07) is 4.73. The molecule has 5 nitrogen and oxygen atoms in total. The molecular formula is C19H28F3N3O2. The highest BCUT2D eigenvalue weighted by atomic mass is 19.4. The van der Waals surface area contributed by atoms with E-state index in [0.29, 0.717) is 37.4 Å². The molecule has 1 aromatic rings. The maximum atomic E-state index is 12.7. The lowest BCUT2D eigenvalue weighted by Crippen LogP contribution is -2.51. The van der Waals surface area contributed by atoms with Crippen LogP contribution in [0.1, 0.15) is 44.2 Å². The van der Waals surface area contributed by atoms with Crippen LogP contribution in [0.4, 0.5) is 13.2 Å². The monoisotopic (exact) mass is 387 g/mol. The summed E-state index contributed by atoms with van der Waals surface area (Å²) in [6.45, 7) is 5.36. The second-order valence-electron chi connectivity index (χ2n) is 7.37.